The highest BCUT2D eigenvalue weighted by Gasteiger charge is 2.24. The van der Waals surface area contributed by atoms with Gasteiger partial charge in [0.1, 0.15) is 6.54 Å². The fourth-order valence-corrected chi connectivity index (χ4v) is 2.61. The minimum Gasteiger partial charge on any atom is -0.493 e. The summed E-state index contributed by atoms with van der Waals surface area (Å²) in [6, 6.07) is 5.89. The second-order valence-corrected chi connectivity index (χ2v) is 5.80. The van der Waals surface area contributed by atoms with E-state index in [4.69, 9.17) is 19.0 Å². The Hall–Kier alpha value is -3.49. The van der Waals surface area contributed by atoms with Crippen LogP contribution in [0.25, 0.3) is 0 Å². The molecule has 1 aromatic carbocycles. The van der Waals surface area contributed by atoms with Gasteiger partial charge in [0.25, 0.3) is 11.8 Å². The molecule has 0 unspecified atom stereocenters. The van der Waals surface area contributed by atoms with Crippen molar-refractivity contribution in [2.45, 2.75) is 13.3 Å². The zero-order chi connectivity index (χ0) is 20.7. The zero-order valence-corrected chi connectivity index (χ0v) is 15.9. The number of carbonyl (C=O) groups excluding carboxylic acids is 2. The Morgan fingerprint density at radius 3 is 2.39 bits per heavy atom. The Morgan fingerprint density at radius 1 is 1.18 bits per heavy atom. The minimum atomic E-state index is -1.14. The summed E-state index contributed by atoms with van der Waals surface area (Å²) in [6.07, 6.45) is 1.92. The SMILES string of the molecule is CCCN(CC(=O)O)C(=O)c1cc(OC)c(OC)cc1NC(=O)c1ccco1. The largest absolute Gasteiger partial charge is 0.493 e. The van der Waals surface area contributed by atoms with Crippen molar-refractivity contribution in [3.63, 3.8) is 0 Å². The van der Waals surface area contributed by atoms with Gasteiger partial charge in [-0.05, 0) is 24.6 Å². The van der Waals surface area contributed by atoms with E-state index in [1.165, 1.54) is 43.6 Å². The van der Waals surface area contributed by atoms with Crippen molar-refractivity contribution in [3.8, 4) is 11.5 Å². The number of nitrogens with zero attached hydrogens (tertiary/aromatic N) is 1. The lowest BCUT2D eigenvalue weighted by Crippen LogP contribution is -2.36. The average molecular weight is 390 g/mol. The molecule has 0 atom stereocenters. The third kappa shape index (κ3) is 4.81. The van der Waals surface area contributed by atoms with Crippen LogP contribution >= 0.6 is 0 Å². The van der Waals surface area contributed by atoms with Crippen molar-refractivity contribution in [2.24, 2.45) is 0 Å². The molecule has 0 bridgehead atoms. The van der Waals surface area contributed by atoms with E-state index in [9.17, 15) is 14.4 Å². The Morgan fingerprint density at radius 2 is 1.86 bits per heavy atom. The normalized spacial score (nSPS) is 10.2. The van der Waals surface area contributed by atoms with Crippen LogP contribution in [-0.4, -0.2) is 55.1 Å². The highest BCUT2D eigenvalue weighted by Crippen LogP contribution is 2.34. The molecule has 0 saturated heterocycles. The first-order valence-corrected chi connectivity index (χ1v) is 8.53. The van der Waals surface area contributed by atoms with Crippen LogP contribution in [0.3, 0.4) is 0 Å². The van der Waals surface area contributed by atoms with Crippen molar-refractivity contribution < 1.29 is 33.4 Å². The quantitative estimate of drug-likeness (QED) is 0.675. The molecule has 0 aliphatic heterocycles. The number of nitrogens with one attached hydrogen (secondary N) is 1. The summed E-state index contributed by atoms with van der Waals surface area (Å²) < 4.78 is 15.5. The van der Waals surface area contributed by atoms with Gasteiger partial charge in [0.15, 0.2) is 17.3 Å². The Balaban J connectivity index is 2.48. The van der Waals surface area contributed by atoms with Crippen LogP contribution in [0.5, 0.6) is 11.5 Å². The maximum absolute atomic E-state index is 13.0. The van der Waals surface area contributed by atoms with Crippen LogP contribution in [-0.2, 0) is 4.79 Å². The van der Waals surface area contributed by atoms with Gasteiger partial charge in [-0.3, -0.25) is 14.4 Å². The molecule has 150 valence electrons. The van der Waals surface area contributed by atoms with Crippen LogP contribution in [0, 0.1) is 0 Å². The standard InChI is InChI=1S/C19H22N2O7/c1-4-7-21(11-17(22)23)19(25)12-9-15(26-2)16(27-3)10-13(12)20-18(24)14-6-5-8-28-14/h5-6,8-10H,4,7,11H2,1-3H3,(H,20,24)(H,22,23). The number of rotatable bonds is 9. The molecule has 0 aliphatic carbocycles. The van der Waals surface area contributed by atoms with E-state index in [0.717, 1.165) is 0 Å². The third-order valence-electron chi connectivity index (χ3n) is 3.85. The molecule has 0 spiro atoms. The molecule has 1 aromatic heterocycles. The van der Waals surface area contributed by atoms with E-state index < -0.39 is 24.3 Å². The van der Waals surface area contributed by atoms with E-state index in [1.807, 2.05) is 6.92 Å². The predicted octanol–water partition coefficient (Wildman–Crippen LogP) is 2.49. The van der Waals surface area contributed by atoms with Gasteiger partial charge in [-0.2, -0.15) is 0 Å². The van der Waals surface area contributed by atoms with Crippen molar-refractivity contribution in [3.05, 3.63) is 41.9 Å². The highest BCUT2D eigenvalue weighted by atomic mass is 16.5. The number of carboxylic acids is 1. The van der Waals surface area contributed by atoms with E-state index in [-0.39, 0.29) is 29.3 Å². The van der Waals surface area contributed by atoms with Gasteiger partial charge in [0, 0.05) is 12.6 Å². The number of anilines is 1. The van der Waals surface area contributed by atoms with E-state index in [1.54, 1.807) is 6.07 Å². The number of ether oxygens (including phenoxy) is 2. The van der Waals surface area contributed by atoms with Crippen molar-refractivity contribution in [2.75, 3.05) is 32.6 Å². The number of carboxylic acid groups (broad SMARTS) is 1. The molecule has 0 fully saturated rings. The molecule has 9 nitrogen and oxygen atoms in total. The first-order valence-electron chi connectivity index (χ1n) is 8.53. The van der Waals surface area contributed by atoms with Crippen molar-refractivity contribution >= 4 is 23.5 Å². The van der Waals surface area contributed by atoms with Crippen LogP contribution < -0.4 is 14.8 Å². The van der Waals surface area contributed by atoms with Gasteiger partial charge in [0.2, 0.25) is 0 Å². The molecular weight excluding hydrogens is 368 g/mol. The lowest BCUT2D eigenvalue weighted by atomic mass is 10.1. The molecular formula is C19H22N2O7. The first-order chi connectivity index (χ1) is 13.4. The predicted molar refractivity (Wildman–Crippen MR) is 100 cm³/mol. The molecule has 0 aliphatic rings. The summed E-state index contributed by atoms with van der Waals surface area (Å²) in [7, 11) is 2.83. The number of benzene rings is 1. The topological polar surface area (TPSA) is 118 Å². The van der Waals surface area contributed by atoms with Crippen molar-refractivity contribution in [1.29, 1.82) is 0 Å². The lowest BCUT2D eigenvalue weighted by Gasteiger charge is -2.22. The molecule has 1 heterocycles. The smallest absolute Gasteiger partial charge is 0.323 e. The van der Waals surface area contributed by atoms with Crippen LogP contribution in [0.4, 0.5) is 5.69 Å². The number of carbonyl (C=O) groups is 3. The average Bonchev–Trinajstić information content (AvgIpc) is 3.21. The second kappa shape index (κ2) is 9.45. The second-order valence-electron chi connectivity index (χ2n) is 5.80. The maximum atomic E-state index is 13.0. The Kier molecular flexibility index (Phi) is 7.02. The Labute approximate surface area is 161 Å². The number of amides is 2. The van der Waals surface area contributed by atoms with Gasteiger partial charge in [-0.1, -0.05) is 6.92 Å². The number of methoxy groups -OCH3 is 2. The highest BCUT2D eigenvalue weighted by molar-refractivity contribution is 6.08. The van der Waals surface area contributed by atoms with E-state index in [2.05, 4.69) is 5.32 Å². The number of furan rings is 1. The zero-order valence-electron chi connectivity index (χ0n) is 15.9. The fourth-order valence-electron chi connectivity index (χ4n) is 2.61. The summed E-state index contributed by atoms with van der Waals surface area (Å²) in [5.74, 6) is -1.62. The maximum Gasteiger partial charge on any atom is 0.323 e. The molecule has 9 heteroatoms. The minimum absolute atomic E-state index is 0.0594. The fraction of sp³-hybridized carbons (Fsp3) is 0.316. The van der Waals surface area contributed by atoms with Gasteiger partial charge in [-0.25, -0.2) is 0 Å². The summed E-state index contributed by atoms with van der Waals surface area (Å²) >= 11 is 0. The lowest BCUT2D eigenvalue weighted by molar-refractivity contribution is -0.137. The molecule has 2 amide bonds. The summed E-state index contributed by atoms with van der Waals surface area (Å²) in [6.45, 7) is 1.61. The van der Waals surface area contributed by atoms with Crippen LogP contribution in [0.15, 0.2) is 34.9 Å². The van der Waals surface area contributed by atoms with Gasteiger partial charge in [0.05, 0.1) is 31.7 Å². The van der Waals surface area contributed by atoms with E-state index >= 15 is 0 Å². The van der Waals surface area contributed by atoms with Crippen LogP contribution in [0.2, 0.25) is 0 Å². The van der Waals surface area contributed by atoms with Gasteiger partial charge >= 0.3 is 5.97 Å². The molecule has 28 heavy (non-hydrogen) atoms. The van der Waals surface area contributed by atoms with Crippen molar-refractivity contribution in [1.82, 2.24) is 4.90 Å². The molecule has 2 aromatic rings. The monoisotopic (exact) mass is 390 g/mol. The molecule has 2 rings (SSSR count). The summed E-state index contributed by atoms with van der Waals surface area (Å²) in [5.41, 5.74) is 0.225. The van der Waals surface area contributed by atoms with E-state index in [0.29, 0.717) is 12.2 Å². The van der Waals surface area contributed by atoms with Crippen LogP contribution in [0.1, 0.15) is 34.3 Å². The van der Waals surface area contributed by atoms with Gasteiger partial charge in [-0.15, -0.1) is 0 Å². The number of hydrogen-bond acceptors (Lipinski definition) is 6. The molecule has 0 radical (unpaired) electrons. The summed E-state index contributed by atoms with van der Waals surface area (Å²) in [5, 5.41) is 11.7. The number of aliphatic carboxylic acids is 1. The van der Waals surface area contributed by atoms with Gasteiger partial charge < -0.3 is 29.2 Å². The number of hydrogen-bond donors (Lipinski definition) is 2. The Bertz CT molecular complexity index is 846. The third-order valence-corrected chi connectivity index (χ3v) is 3.85. The molecule has 2 N–H and O–H groups in total. The first kappa shape index (κ1) is 20.8. The summed E-state index contributed by atoms with van der Waals surface area (Å²) in [4.78, 5) is 37.7. The molecule has 0 saturated carbocycles.